The molecule has 0 spiro atoms. The lowest BCUT2D eigenvalue weighted by atomic mass is 10.0. The van der Waals surface area contributed by atoms with E-state index in [1.807, 2.05) is 0 Å². The second-order valence-corrected chi connectivity index (χ2v) is 4.75. The molecule has 1 N–H and O–H groups in total. The van der Waals surface area contributed by atoms with Gasteiger partial charge in [0.15, 0.2) is 0 Å². The number of hydrogen-bond donors (Lipinski definition) is 1. The van der Waals surface area contributed by atoms with Gasteiger partial charge in [-0.3, -0.25) is 19.7 Å². The van der Waals surface area contributed by atoms with Gasteiger partial charge < -0.3 is 10.0 Å². The molecule has 1 heterocycles. The summed E-state index contributed by atoms with van der Waals surface area (Å²) in [6.07, 6.45) is 0.364. The van der Waals surface area contributed by atoms with E-state index in [4.69, 9.17) is 5.11 Å². The number of carbonyl (C=O) groups is 2. The van der Waals surface area contributed by atoms with Crippen LogP contribution < -0.4 is 0 Å². The predicted molar refractivity (Wildman–Crippen MR) is 69.3 cm³/mol. The topological polar surface area (TPSA) is 101 Å². The van der Waals surface area contributed by atoms with Crippen LogP contribution in [0.2, 0.25) is 0 Å². The highest BCUT2D eigenvalue weighted by molar-refractivity contribution is 5.98. The molecule has 0 saturated carbocycles. The molecular formula is C13H14N2O5. The van der Waals surface area contributed by atoms with E-state index in [9.17, 15) is 19.7 Å². The van der Waals surface area contributed by atoms with Crippen LogP contribution >= 0.6 is 0 Å². The monoisotopic (exact) mass is 278 g/mol. The van der Waals surface area contributed by atoms with Crippen molar-refractivity contribution in [2.24, 2.45) is 5.92 Å². The molecule has 0 bridgehead atoms. The average Bonchev–Trinajstić information content (AvgIpc) is 2.79. The molecule has 20 heavy (non-hydrogen) atoms. The summed E-state index contributed by atoms with van der Waals surface area (Å²) >= 11 is 0. The number of hydrogen-bond acceptors (Lipinski definition) is 4. The highest BCUT2D eigenvalue weighted by Gasteiger charge is 2.39. The number of carboxylic acids is 1. The highest BCUT2D eigenvalue weighted by atomic mass is 16.6. The summed E-state index contributed by atoms with van der Waals surface area (Å²) in [5.74, 6) is -2.06. The Morgan fingerprint density at radius 1 is 1.40 bits per heavy atom. The van der Waals surface area contributed by atoms with E-state index in [0.717, 1.165) is 0 Å². The molecule has 2 atom stereocenters. The summed E-state index contributed by atoms with van der Waals surface area (Å²) < 4.78 is 0. The molecule has 0 aliphatic carbocycles. The minimum Gasteiger partial charge on any atom is -0.481 e. The maximum atomic E-state index is 12.4. The zero-order valence-electron chi connectivity index (χ0n) is 10.9. The molecule has 1 saturated heterocycles. The lowest BCUT2D eigenvalue weighted by Crippen LogP contribution is -2.37. The maximum Gasteiger partial charge on any atom is 0.308 e. The minimum atomic E-state index is -0.949. The van der Waals surface area contributed by atoms with Crippen LogP contribution in [0.3, 0.4) is 0 Å². The summed E-state index contributed by atoms with van der Waals surface area (Å²) in [5, 5.41) is 20.0. The van der Waals surface area contributed by atoms with Crippen molar-refractivity contribution in [1.29, 1.82) is 0 Å². The van der Waals surface area contributed by atoms with Gasteiger partial charge >= 0.3 is 5.97 Å². The number of benzene rings is 1. The SMILES string of the molecule is CC1C(C(=O)O)CCN1C(=O)c1ccccc1[N+](=O)[O-]. The molecule has 2 unspecified atom stereocenters. The second-order valence-electron chi connectivity index (χ2n) is 4.75. The van der Waals surface area contributed by atoms with Gasteiger partial charge in [-0.2, -0.15) is 0 Å². The summed E-state index contributed by atoms with van der Waals surface area (Å²) in [4.78, 5) is 35.1. The van der Waals surface area contributed by atoms with Gasteiger partial charge in [0.25, 0.3) is 11.6 Å². The van der Waals surface area contributed by atoms with E-state index in [1.54, 1.807) is 13.0 Å². The summed E-state index contributed by atoms with van der Waals surface area (Å²) in [7, 11) is 0. The van der Waals surface area contributed by atoms with Crippen molar-refractivity contribution in [3.05, 3.63) is 39.9 Å². The van der Waals surface area contributed by atoms with E-state index in [-0.39, 0.29) is 11.3 Å². The van der Waals surface area contributed by atoms with Gasteiger partial charge in [0.1, 0.15) is 5.56 Å². The van der Waals surface area contributed by atoms with Gasteiger partial charge in [-0.15, -0.1) is 0 Å². The fourth-order valence-corrected chi connectivity index (χ4v) is 2.52. The van der Waals surface area contributed by atoms with Crippen molar-refractivity contribution in [3.8, 4) is 0 Å². The van der Waals surface area contributed by atoms with Crippen LogP contribution in [0, 0.1) is 16.0 Å². The lowest BCUT2D eigenvalue weighted by molar-refractivity contribution is -0.385. The Balaban J connectivity index is 2.29. The predicted octanol–water partition coefficient (Wildman–Crippen LogP) is 1.53. The van der Waals surface area contributed by atoms with Crippen LogP contribution in [-0.2, 0) is 4.79 Å². The Kier molecular flexibility index (Phi) is 3.69. The normalized spacial score (nSPS) is 21.8. The van der Waals surface area contributed by atoms with Crippen LogP contribution in [-0.4, -0.2) is 39.4 Å². The van der Waals surface area contributed by atoms with Gasteiger partial charge in [0.2, 0.25) is 0 Å². The fraction of sp³-hybridized carbons (Fsp3) is 0.385. The van der Waals surface area contributed by atoms with Crippen LogP contribution in [0.15, 0.2) is 24.3 Å². The van der Waals surface area contributed by atoms with Crippen LogP contribution in [0.25, 0.3) is 0 Å². The number of likely N-dealkylation sites (tertiary alicyclic amines) is 1. The number of para-hydroxylation sites is 1. The first-order valence-corrected chi connectivity index (χ1v) is 6.20. The number of nitro groups is 1. The maximum absolute atomic E-state index is 12.4. The average molecular weight is 278 g/mol. The molecule has 7 heteroatoms. The molecule has 1 amide bonds. The molecule has 106 valence electrons. The van der Waals surface area contributed by atoms with Crippen molar-refractivity contribution in [3.63, 3.8) is 0 Å². The second kappa shape index (κ2) is 5.28. The van der Waals surface area contributed by atoms with Crippen molar-refractivity contribution in [1.82, 2.24) is 4.90 Å². The first-order chi connectivity index (χ1) is 9.43. The van der Waals surface area contributed by atoms with Gasteiger partial charge in [-0.25, -0.2) is 0 Å². The number of rotatable bonds is 3. The molecule has 2 rings (SSSR count). The molecule has 1 aliphatic heterocycles. The highest BCUT2D eigenvalue weighted by Crippen LogP contribution is 2.28. The summed E-state index contributed by atoms with van der Waals surface area (Å²) in [5.41, 5.74) is -0.265. The van der Waals surface area contributed by atoms with E-state index in [2.05, 4.69) is 0 Å². The number of amides is 1. The smallest absolute Gasteiger partial charge is 0.308 e. The first kappa shape index (κ1) is 14.0. The quantitative estimate of drug-likeness (QED) is 0.667. The minimum absolute atomic E-state index is 0.00427. The zero-order chi connectivity index (χ0) is 14.9. The summed E-state index contributed by atoms with van der Waals surface area (Å²) in [6, 6.07) is 5.22. The fourth-order valence-electron chi connectivity index (χ4n) is 2.52. The van der Waals surface area contributed by atoms with Crippen molar-refractivity contribution >= 4 is 17.6 Å². The summed E-state index contributed by atoms with van der Waals surface area (Å²) in [6.45, 7) is 1.95. The molecular weight excluding hydrogens is 264 g/mol. The van der Waals surface area contributed by atoms with Crippen LogP contribution in [0.4, 0.5) is 5.69 Å². The largest absolute Gasteiger partial charge is 0.481 e. The Labute approximate surface area is 115 Å². The number of nitrogens with zero attached hydrogens (tertiary/aromatic N) is 2. The van der Waals surface area contributed by atoms with E-state index in [1.165, 1.54) is 23.1 Å². The Hall–Kier alpha value is -2.44. The number of aliphatic carboxylic acids is 1. The molecule has 0 aromatic heterocycles. The molecule has 7 nitrogen and oxygen atoms in total. The molecule has 1 aromatic rings. The van der Waals surface area contributed by atoms with Crippen molar-refractivity contribution in [2.45, 2.75) is 19.4 Å². The van der Waals surface area contributed by atoms with Gasteiger partial charge in [-0.1, -0.05) is 12.1 Å². The van der Waals surface area contributed by atoms with Crippen molar-refractivity contribution < 1.29 is 19.6 Å². The van der Waals surface area contributed by atoms with E-state index in [0.29, 0.717) is 13.0 Å². The molecule has 1 aromatic carbocycles. The van der Waals surface area contributed by atoms with Crippen LogP contribution in [0.1, 0.15) is 23.7 Å². The number of carboxylic acid groups (broad SMARTS) is 1. The third kappa shape index (κ3) is 2.34. The van der Waals surface area contributed by atoms with Gasteiger partial charge in [-0.05, 0) is 19.4 Å². The Morgan fingerprint density at radius 3 is 2.60 bits per heavy atom. The lowest BCUT2D eigenvalue weighted by Gasteiger charge is -2.23. The van der Waals surface area contributed by atoms with E-state index < -0.39 is 28.8 Å². The van der Waals surface area contributed by atoms with E-state index >= 15 is 0 Å². The Morgan fingerprint density at radius 2 is 2.05 bits per heavy atom. The zero-order valence-corrected chi connectivity index (χ0v) is 10.9. The van der Waals surface area contributed by atoms with Crippen LogP contribution in [0.5, 0.6) is 0 Å². The van der Waals surface area contributed by atoms with Gasteiger partial charge in [0.05, 0.1) is 10.8 Å². The standard InChI is InChI=1S/C13H14N2O5/c1-8-9(13(17)18)6-7-14(8)12(16)10-4-2-3-5-11(10)15(19)20/h2-5,8-9H,6-7H2,1H3,(H,17,18). The molecule has 1 fully saturated rings. The number of carbonyl (C=O) groups excluding carboxylic acids is 1. The number of nitro benzene ring substituents is 1. The van der Waals surface area contributed by atoms with Crippen molar-refractivity contribution in [2.75, 3.05) is 6.54 Å². The first-order valence-electron chi connectivity index (χ1n) is 6.20. The molecule has 0 radical (unpaired) electrons. The third-order valence-electron chi connectivity index (χ3n) is 3.66. The third-order valence-corrected chi connectivity index (χ3v) is 3.66. The van der Waals surface area contributed by atoms with Gasteiger partial charge in [0, 0.05) is 18.7 Å². The molecule has 1 aliphatic rings. The Bertz CT molecular complexity index is 572.